The molecule has 1 aliphatic heterocycles. The lowest BCUT2D eigenvalue weighted by atomic mass is 10.0. The fraction of sp³-hybridized carbons (Fsp3) is 0.636. The molecule has 1 aromatic heterocycles. The Balaban J connectivity index is 1.95. The van der Waals surface area contributed by atoms with Crippen molar-refractivity contribution in [3.8, 4) is 0 Å². The van der Waals surface area contributed by atoms with Gasteiger partial charge in [0.1, 0.15) is 0 Å². The molecule has 1 atom stereocenters. The summed E-state index contributed by atoms with van der Waals surface area (Å²) >= 11 is 0. The molecule has 0 aromatic carbocycles. The maximum absolute atomic E-state index is 10.8. The number of nitrogens with two attached hydrogens (primary N) is 1. The molecule has 0 radical (unpaired) electrons. The Morgan fingerprint density at radius 3 is 3.19 bits per heavy atom. The van der Waals surface area contributed by atoms with Gasteiger partial charge >= 0.3 is 0 Å². The van der Waals surface area contributed by atoms with Gasteiger partial charge in [-0.3, -0.25) is 9.69 Å². The summed E-state index contributed by atoms with van der Waals surface area (Å²) in [5, 5.41) is 3.62. The van der Waals surface area contributed by atoms with Gasteiger partial charge in [0.15, 0.2) is 11.5 Å². The summed E-state index contributed by atoms with van der Waals surface area (Å²) in [4.78, 5) is 13.2. The second-order valence-electron chi connectivity index (χ2n) is 4.53. The molecule has 0 unspecified atom stereocenters. The summed E-state index contributed by atoms with van der Waals surface area (Å²) in [5.41, 5.74) is 5.32. The van der Waals surface area contributed by atoms with Crippen LogP contribution in [0.4, 0.5) is 0 Å². The Kier molecular flexibility index (Phi) is 3.24. The first kappa shape index (κ1) is 11.1. The van der Waals surface area contributed by atoms with E-state index in [1.807, 2.05) is 0 Å². The van der Waals surface area contributed by atoms with Gasteiger partial charge in [-0.2, -0.15) is 0 Å². The topological polar surface area (TPSA) is 72.4 Å². The molecule has 0 aliphatic carbocycles. The van der Waals surface area contributed by atoms with Crippen LogP contribution in [0.15, 0.2) is 10.6 Å². The smallest absolute Gasteiger partial charge is 0.270 e. The van der Waals surface area contributed by atoms with Gasteiger partial charge < -0.3 is 10.3 Å². The van der Waals surface area contributed by atoms with E-state index in [-0.39, 0.29) is 5.69 Å². The molecule has 88 valence electrons. The largest absolute Gasteiger partial charge is 0.364 e. The highest BCUT2D eigenvalue weighted by Gasteiger charge is 2.18. The van der Waals surface area contributed by atoms with Crippen molar-refractivity contribution < 1.29 is 9.32 Å². The molecule has 5 nitrogen and oxygen atoms in total. The Labute approximate surface area is 94.6 Å². The molecule has 1 saturated heterocycles. The molecule has 2 heterocycles. The minimum atomic E-state index is -0.540. The van der Waals surface area contributed by atoms with Crippen LogP contribution < -0.4 is 5.73 Å². The van der Waals surface area contributed by atoms with Crippen molar-refractivity contribution >= 4 is 5.91 Å². The zero-order valence-corrected chi connectivity index (χ0v) is 9.48. The fourth-order valence-corrected chi connectivity index (χ4v) is 2.15. The third kappa shape index (κ3) is 2.61. The number of nitrogens with zero attached hydrogens (tertiary/aromatic N) is 2. The molecular weight excluding hydrogens is 206 g/mol. The van der Waals surface area contributed by atoms with Gasteiger partial charge in [0.05, 0.1) is 6.54 Å². The molecule has 16 heavy (non-hydrogen) atoms. The molecule has 5 heteroatoms. The van der Waals surface area contributed by atoms with Crippen LogP contribution >= 0.6 is 0 Å². The number of hydrogen-bond acceptors (Lipinski definition) is 4. The minimum Gasteiger partial charge on any atom is -0.364 e. The van der Waals surface area contributed by atoms with Crippen LogP contribution in [0.5, 0.6) is 0 Å². The van der Waals surface area contributed by atoms with Gasteiger partial charge in [-0.25, -0.2) is 0 Å². The van der Waals surface area contributed by atoms with E-state index in [4.69, 9.17) is 10.3 Å². The molecule has 0 saturated carbocycles. The molecule has 1 aliphatic rings. The monoisotopic (exact) mass is 223 g/mol. The van der Waals surface area contributed by atoms with Crippen molar-refractivity contribution in [2.24, 2.45) is 11.7 Å². The number of carbonyl (C=O) groups is 1. The van der Waals surface area contributed by atoms with Gasteiger partial charge in [0.25, 0.3) is 5.91 Å². The molecule has 1 fully saturated rings. The molecule has 0 bridgehead atoms. The number of hydrogen-bond donors (Lipinski definition) is 1. The van der Waals surface area contributed by atoms with Crippen LogP contribution in [0.2, 0.25) is 0 Å². The summed E-state index contributed by atoms with van der Waals surface area (Å²) in [5.74, 6) is 0.900. The first-order chi connectivity index (χ1) is 7.65. The van der Waals surface area contributed by atoms with Gasteiger partial charge in [0, 0.05) is 12.6 Å². The maximum atomic E-state index is 10.8. The number of likely N-dealkylation sites (tertiary alicyclic amines) is 1. The Morgan fingerprint density at radius 1 is 1.75 bits per heavy atom. The molecule has 2 rings (SSSR count). The van der Waals surface area contributed by atoms with Crippen molar-refractivity contribution in [3.05, 3.63) is 17.5 Å². The highest BCUT2D eigenvalue weighted by Crippen LogP contribution is 2.17. The van der Waals surface area contributed by atoms with Gasteiger partial charge in [0.2, 0.25) is 0 Å². The van der Waals surface area contributed by atoms with Crippen LogP contribution in [0.25, 0.3) is 0 Å². The SMILES string of the molecule is C[C@H]1CCCN(Cc2cc(C(N)=O)no2)C1. The van der Waals surface area contributed by atoms with E-state index in [1.54, 1.807) is 6.07 Å². The summed E-state index contributed by atoms with van der Waals surface area (Å²) < 4.78 is 5.07. The number of amides is 1. The second kappa shape index (κ2) is 4.65. The molecular formula is C11H17N3O2. The van der Waals surface area contributed by atoms with Gasteiger partial charge in [-0.15, -0.1) is 0 Å². The van der Waals surface area contributed by atoms with Crippen LogP contribution in [0, 0.1) is 5.92 Å². The first-order valence-electron chi connectivity index (χ1n) is 5.63. The van der Waals surface area contributed by atoms with Gasteiger partial charge in [-0.05, 0) is 25.3 Å². The fourth-order valence-electron chi connectivity index (χ4n) is 2.15. The summed E-state index contributed by atoms with van der Waals surface area (Å²) in [6, 6.07) is 1.63. The van der Waals surface area contributed by atoms with E-state index >= 15 is 0 Å². The van der Waals surface area contributed by atoms with E-state index in [0.717, 1.165) is 19.0 Å². The highest BCUT2D eigenvalue weighted by molar-refractivity contribution is 5.90. The van der Waals surface area contributed by atoms with Crippen molar-refractivity contribution in [2.75, 3.05) is 13.1 Å². The lowest BCUT2D eigenvalue weighted by Gasteiger charge is -2.29. The Hall–Kier alpha value is -1.36. The Morgan fingerprint density at radius 2 is 2.56 bits per heavy atom. The molecule has 1 aromatic rings. The summed E-state index contributed by atoms with van der Waals surface area (Å²) in [7, 11) is 0. The summed E-state index contributed by atoms with van der Waals surface area (Å²) in [6.45, 7) is 5.12. The molecule has 1 amide bonds. The summed E-state index contributed by atoms with van der Waals surface area (Å²) in [6.07, 6.45) is 2.51. The lowest BCUT2D eigenvalue weighted by Crippen LogP contribution is -2.33. The zero-order valence-electron chi connectivity index (χ0n) is 9.48. The highest BCUT2D eigenvalue weighted by atomic mass is 16.5. The third-order valence-corrected chi connectivity index (χ3v) is 2.93. The second-order valence-corrected chi connectivity index (χ2v) is 4.53. The van der Waals surface area contributed by atoms with E-state index in [2.05, 4.69) is 17.0 Å². The predicted octanol–water partition coefficient (Wildman–Crippen LogP) is 1.01. The number of carbonyl (C=O) groups excluding carboxylic acids is 1. The van der Waals surface area contributed by atoms with Crippen molar-refractivity contribution in [1.82, 2.24) is 10.1 Å². The Bertz CT molecular complexity index is 375. The van der Waals surface area contributed by atoms with Gasteiger partial charge in [-0.1, -0.05) is 12.1 Å². The van der Waals surface area contributed by atoms with E-state index < -0.39 is 5.91 Å². The average molecular weight is 223 g/mol. The third-order valence-electron chi connectivity index (χ3n) is 2.93. The van der Waals surface area contributed by atoms with E-state index in [1.165, 1.54) is 12.8 Å². The average Bonchev–Trinajstić information content (AvgIpc) is 2.66. The van der Waals surface area contributed by atoms with Crippen molar-refractivity contribution in [1.29, 1.82) is 0 Å². The number of rotatable bonds is 3. The first-order valence-corrected chi connectivity index (χ1v) is 5.63. The van der Waals surface area contributed by atoms with E-state index in [9.17, 15) is 4.79 Å². The van der Waals surface area contributed by atoms with Crippen LogP contribution in [0.3, 0.4) is 0 Å². The standard InChI is InChI=1S/C11H17N3O2/c1-8-3-2-4-14(6-8)7-9-5-10(11(12)15)13-16-9/h5,8H,2-4,6-7H2,1H3,(H2,12,15)/t8-/m0/s1. The number of primary amides is 1. The van der Waals surface area contributed by atoms with Crippen LogP contribution in [-0.4, -0.2) is 29.1 Å². The number of piperidine rings is 1. The van der Waals surface area contributed by atoms with E-state index in [0.29, 0.717) is 12.3 Å². The minimum absolute atomic E-state index is 0.208. The van der Waals surface area contributed by atoms with Crippen molar-refractivity contribution in [3.63, 3.8) is 0 Å². The normalized spacial score (nSPS) is 22.2. The molecule has 0 spiro atoms. The van der Waals surface area contributed by atoms with Crippen LogP contribution in [-0.2, 0) is 6.54 Å². The number of aromatic nitrogens is 1. The lowest BCUT2D eigenvalue weighted by molar-refractivity contribution is 0.0991. The molecule has 2 N–H and O–H groups in total. The zero-order chi connectivity index (χ0) is 11.5. The van der Waals surface area contributed by atoms with Crippen LogP contribution in [0.1, 0.15) is 36.0 Å². The predicted molar refractivity (Wildman–Crippen MR) is 58.7 cm³/mol. The van der Waals surface area contributed by atoms with Crippen molar-refractivity contribution in [2.45, 2.75) is 26.3 Å². The maximum Gasteiger partial charge on any atom is 0.270 e. The quantitative estimate of drug-likeness (QED) is 0.829.